The average Bonchev–Trinajstić information content (AvgIpc) is 2.67. The number of anilines is 2. The lowest BCUT2D eigenvalue weighted by atomic mass is 10.1. The maximum atomic E-state index is 12.4. The van der Waals surface area contributed by atoms with Gasteiger partial charge in [0.2, 0.25) is 5.91 Å². The molecule has 28 heavy (non-hydrogen) atoms. The number of nitrogens with zero attached hydrogens (tertiary/aromatic N) is 1. The van der Waals surface area contributed by atoms with E-state index >= 15 is 0 Å². The Morgan fingerprint density at radius 2 is 1.75 bits per heavy atom. The van der Waals surface area contributed by atoms with Gasteiger partial charge in [-0.1, -0.05) is 12.1 Å². The molecule has 7 nitrogen and oxygen atoms in total. The monoisotopic (exact) mass is 379 g/mol. The normalized spacial score (nSPS) is 10.7. The molecule has 144 valence electrons. The SMILES string of the molecule is COCCOc1cccc(/C=C(\C#N)C(=O)Nc2ccc(NC(C)=O)cc2)c1. The van der Waals surface area contributed by atoms with Crippen molar-refractivity contribution in [2.75, 3.05) is 31.0 Å². The fourth-order valence-corrected chi connectivity index (χ4v) is 2.29. The molecular formula is C21H21N3O4. The molecule has 7 heteroatoms. The summed E-state index contributed by atoms with van der Waals surface area (Å²) >= 11 is 0. The standard InChI is InChI=1S/C21H21N3O4/c1-15(25)23-18-6-8-19(9-7-18)24-21(26)17(14-22)12-16-4-3-5-20(13-16)28-11-10-27-2/h3-9,12-13H,10-11H2,1-2H3,(H,23,25)(H,24,26)/b17-12+. The van der Waals surface area contributed by atoms with Gasteiger partial charge in [-0.15, -0.1) is 0 Å². The Balaban J connectivity index is 2.07. The lowest BCUT2D eigenvalue weighted by Crippen LogP contribution is -2.13. The van der Waals surface area contributed by atoms with Crippen LogP contribution in [0.4, 0.5) is 11.4 Å². The van der Waals surface area contributed by atoms with Gasteiger partial charge >= 0.3 is 0 Å². The van der Waals surface area contributed by atoms with Crippen LogP contribution in [0.25, 0.3) is 6.08 Å². The minimum absolute atomic E-state index is 0.0417. The van der Waals surface area contributed by atoms with Gasteiger partial charge in [-0.05, 0) is 48.0 Å². The lowest BCUT2D eigenvalue weighted by Gasteiger charge is -2.07. The van der Waals surface area contributed by atoms with E-state index in [1.165, 1.54) is 13.0 Å². The number of ether oxygens (including phenoxy) is 2. The smallest absolute Gasteiger partial charge is 0.266 e. The molecule has 2 rings (SSSR count). The quantitative estimate of drug-likeness (QED) is 0.417. The van der Waals surface area contributed by atoms with Crippen LogP contribution in [0.15, 0.2) is 54.1 Å². The molecule has 0 atom stereocenters. The van der Waals surface area contributed by atoms with Crippen LogP contribution in [-0.4, -0.2) is 32.1 Å². The summed E-state index contributed by atoms with van der Waals surface area (Å²) in [5, 5.41) is 14.6. The minimum atomic E-state index is -0.527. The Hall–Kier alpha value is -3.63. The number of benzene rings is 2. The molecule has 0 aliphatic heterocycles. The average molecular weight is 379 g/mol. The zero-order valence-corrected chi connectivity index (χ0v) is 15.7. The molecule has 0 aromatic heterocycles. The van der Waals surface area contributed by atoms with Gasteiger partial charge in [0.05, 0.1) is 6.61 Å². The van der Waals surface area contributed by atoms with Crippen molar-refractivity contribution in [3.63, 3.8) is 0 Å². The van der Waals surface area contributed by atoms with Crippen molar-refractivity contribution in [1.29, 1.82) is 5.26 Å². The predicted octanol–water partition coefficient (Wildman–Crippen LogP) is 3.22. The number of nitrogens with one attached hydrogen (secondary N) is 2. The van der Waals surface area contributed by atoms with E-state index in [2.05, 4.69) is 10.6 Å². The van der Waals surface area contributed by atoms with Gasteiger partial charge in [0.25, 0.3) is 5.91 Å². The van der Waals surface area contributed by atoms with Crippen LogP contribution in [-0.2, 0) is 14.3 Å². The van der Waals surface area contributed by atoms with Gasteiger partial charge in [0, 0.05) is 25.4 Å². The molecule has 0 aliphatic carbocycles. The molecular weight excluding hydrogens is 358 g/mol. The van der Waals surface area contributed by atoms with E-state index in [0.29, 0.717) is 35.9 Å². The topological polar surface area (TPSA) is 100 Å². The van der Waals surface area contributed by atoms with Crippen LogP contribution in [0.5, 0.6) is 5.75 Å². The van der Waals surface area contributed by atoms with Crippen molar-refractivity contribution in [3.05, 3.63) is 59.7 Å². The fourth-order valence-electron chi connectivity index (χ4n) is 2.29. The summed E-state index contributed by atoms with van der Waals surface area (Å²) in [5.41, 5.74) is 1.76. The molecule has 2 N–H and O–H groups in total. The highest BCUT2D eigenvalue weighted by Crippen LogP contribution is 2.18. The summed E-state index contributed by atoms with van der Waals surface area (Å²) < 4.78 is 10.5. The van der Waals surface area contributed by atoms with E-state index in [9.17, 15) is 14.9 Å². The number of rotatable bonds is 8. The molecule has 0 unspecified atom stereocenters. The van der Waals surface area contributed by atoms with Gasteiger partial charge in [-0.3, -0.25) is 9.59 Å². The van der Waals surface area contributed by atoms with E-state index in [0.717, 1.165) is 0 Å². The highest BCUT2D eigenvalue weighted by molar-refractivity contribution is 6.09. The first-order valence-electron chi connectivity index (χ1n) is 8.54. The second kappa shape index (κ2) is 10.5. The van der Waals surface area contributed by atoms with E-state index < -0.39 is 5.91 Å². The van der Waals surface area contributed by atoms with Gasteiger partial charge in [0.15, 0.2) is 0 Å². The first-order valence-corrected chi connectivity index (χ1v) is 8.54. The van der Waals surface area contributed by atoms with Crippen LogP contribution in [0.1, 0.15) is 12.5 Å². The lowest BCUT2D eigenvalue weighted by molar-refractivity contribution is -0.114. The van der Waals surface area contributed by atoms with E-state index in [4.69, 9.17) is 9.47 Å². The third-order valence-electron chi connectivity index (χ3n) is 3.55. The van der Waals surface area contributed by atoms with E-state index in [1.54, 1.807) is 55.6 Å². The number of carbonyl (C=O) groups is 2. The van der Waals surface area contributed by atoms with E-state index in [1.807, 2.05) is 6.07 Å². The highest BCUT2D eigenvalue weighted by atomic mass is 16.5. The van der Waals surface area contributed by atoms with Crippen molar-refractivity contribution in [1.82, 2.24) is 0 Å². The summed E-state index contributed by atoms with van der Waals surface area (Å²) in [7, 11) is 1.59. The number of carbonyl (C=O) groups excluding carboxylic acids is 2. The predicted molar refractivity (Wildman–Crippen MR) is 107 cm³/mol. The van der Waals surface area contributed by atoms with Crippen LogP contribution in [0, 0.1) is 11.3 Å². The second-order valence-electron chi connectivity index (χ2n) is 5.80. The molecule has 2 aromatic rings. The third-order valence-corrected chi connectivity index (χ3v) is 3.55. The van der Waals surface area contributed by atoms with Crippen molar-refractivity contribution in [2.45, 2.75) is 6.92 Å². The van der Waals surface area contributed by atoms with Crippen molar-refractivity contribution >= 4 is 29.3 Å². The number of nitriles is 1. The molecule has 0 saturated heterocycles. The third kappa shape index (κ3) is 6.59. The number of amides is 2. The highest BCUT2D eigenvalue weighted by Gasteiger charge is 2.10. The Labute approximate surface area is 163 Å². The molecule has 0 spiro atoms. The summed E-state index contributed by atoms with van der Waals surface area (Å²) in [5.74, 6) is -0.0857. The molecule has 0 radical (unpaired) electrons. The Kier molecular flexibility index (Phi) is 7.76. The zero-order valence-electron chi connectivity index (χ0n) is 15.7. The molecule has 0 saturated carbocycles. The maximum Gasteiger partial charge on any atom is 0.266 e. The minimum Gasteiger partial charge on any atom is -0.491 e. The molecule has 0 aliphatic rings. The molecule has 0 fully saturated rings. The van der Waals surface area contributed by atoms with Crippen molar-refractivity contribution < 1.29 is 19.1 Å². The van der Waals surface area contributed by atoms with Gasteiger partial charge in [-0.25, -0.2) is 0 Å². The van der Waals surface area contributed by atoms with E-state index in [-0.39, 0.29) is 11.5 Å². The Morgan fingerprint density at radius 3 is 2.36 bits per heavy atom. The number of hydrogen-bond donors (Lipinski definition) is 2. The summed E-state index contributed by atoms with van der Waals surface area (Å²) in [6, 6.07) is 15.6. The summed E-state index contributed by atoms with van der Waals surface area (Å²) in [4.78, 5) is 23.4. The van der Waals surface area contributed by atoms with Crippen LogP contribution in [0.2, 0.25) is 0 Å². The zero-order chi connectivity index (χ0) is 20.4. The van der Waals surface area contributed by atoms with Crippen LogP contribution in [0.3, 0.4) is 0 Å². The number of methoxy groups -OCH3 is 1. The first kappa shape index (κ1) is 20.7. The van der Waals surface area contributed by atoms with Crippen LogP contribution < -0.4 is 15.4 Å². The summed E-state index contributed by atoms with van der Waals surface area (Å²) in [6.07, 6.45) is 1.49. The summed E-state index contributed by atoms with van der Waals surface area (Å²) in [6.45, 7) is 2.29. The van der Waals surface area contributed by atoms with Gasteiger partial charge < -0.3 is 20.1 Å². The Bertz CT molecular complexity index is 899. The molecule has 0 bridgehead atoms. The van der Waals surface area contributed by atoms with Crippen LogP contribution >= 0.6 is 0 Å². The molecule has 2 aromatic carbocycles. The number of hydrogen-bond acceptors (Lipinski definition) is 5. The largest absolute Gasteiger partial charge is 0.491 e. The van der Waals surface area contributed by atoms with Crippen molar-refractivity contribution in [3.8, 4) is 11.8 Å². The second-order valence-corrected chi connectivity index (χ2v) is 5.80. The Morgan fingerprint density at radius 1 is 1.07 bits per heavy atom. The fraction of sp³-hybridized carbons (Fsp3) is 0.190. The molecule has 0 heterocycles. The van der Waals surface area contributed by atoms with Gasteiger partial charge in [0.1, 0.15) is 24.0 Å². The van der Waals surface area contributed by atoms with Gasteiger partial charge in [-0.2, -0.15) is 5.26 Å². The maximum absolute atomic E-state index is 12.4. The van der Waals surface area contributed by atoms with Crippen molar-refractivity contribution in [2.24, 2.45) is 0 Å². The first-order chi connectivity index (χ1) is 13.5. The molecule has 2 amide bonds.